The Kier molecular flexibility index (Phi) is 6.08. The van der Waals surface area contributed by atoms with Crippen molar-refractivity contribution in [1.29, 1.82) is 0 Å². The molecule has 0 aliphatic carbocycles. The van der Waals surface area contributed by atoms with Gasteiger partial charge in [0, 0.05) is 31.1 Å². The second-order valence-corrected chi connectivity index (χ2v) is 7.66. The zero-order valence-electron chi connectivity index (χ0n) is 15.4. The van der Waals surface area contributed by atoms with Gasteiger partial charge in [0.25, 0.3) is 5.91 Å². The fourth-order valence-corrected chi connectivity index (χ4v) is 3.65. The van der Waals surface area contributed by atoms with E-state index in [1.807, 2.05) is 13.1 Å². The maximum atomic E-state index is 12.6. The molecule has 1 aromatic carbocycles. The number of benzene rings is 1. The zero-order valence-corrected chi connectivity index (χ0v) is 17.1. The lowest BCUT2D eigenvalue weighted by atomic mass is 10.1. The number of rotatable bonds is 6. The number of pyridine rings is 1. The summed E-state index contributed by atoms with van der Waals surface area (Å²) in [6, 6.07) is 9.81. The van der Waals surface area contributed by atoms with Gasteiger partial charge < -0.3 is 9.88 Å². The molecule has 1 amide bonds. The number of nitrogens with zero attached hydrogens (tertiary/aromatic N) is 3. The first-order chi connectivity index (χ1) is 13.0. The molecule has 0 saturated heterocycles. The fourth-order valence-electron chi connectivity index (χ4n) is 2.52. The summed E-state index contributed by atoms with van der Waals surface area (Å²) in [5.74, 6) is 0.655. The molecule has 140 valence electrons. The Hall–Kier alpha value is -2.45. The first-order valence-electron chi connectivity index (χ1n) is 8.54. The quantitative estimate of drug-likeness (QED) is 0.619. The van der Waals surface area contributed by atoms with Crippen molar-refractivity contribution in [2.45, 2.75) is 30.2 Å². The van der Waals surface area contributed by atoms with Crippen molar-refractivity contribution in [3.05, 3.63) is 63.8 Å². The maximum Gasteiger partial charge on any atom is 0.254 e. The molecule has 6 nitrogen and oxygen atoms in total. The van der Waals surface area contributed by atoms with E-state index in [1.54, 1.807) is 22.9 Å². The average molecular weight is 400 g/mol. The molecule has 2 heterocycles. The Morgan fingerprint density at radius 1 is 1.30 bits per heavy atom. The van der Waals surface area contributed by atoms with Crippen LogP contribution in [0.15, 0.2) is 46.5 Å². The number of hydrogen-bond donors (Lipinski definition) is 2. The Morgan fingerprint density at radius 2 is 2.11 bits per heavy atom. The molecule has 3 rings (SSSR count). The number of amides is 1. The minimum absolute atomic E-state index is 0.147. The molecule has 27 heavy (non-hydrogen) atoms. The highest BCUT2D eigenvalue weighted by atomic mass is 32.2. The molecule has 8 heteroatoms. The molecule has 0 atom stereocenters. The molecular weight excluding hydrogens is 378 g/mol. The number of carbonyl (C=O) groups excluding carboxylic acids is 1. The molecule has 2 N–H and O–H groups in total. The average Bonchev–Trinajstić information content (AvgIpc) is 2.97. The van der Waals surface area contributed by atoms with Gasteiger partial charge in [-0.3, -0.25) is 9.89 Å². The van der Waals surface area contributed by atoms with Crippen molar-refractivity contribution in [2.24, 2.45) is 7.05 Å². The van der Waals surface area contributed by atoms with Crippen molar-refractivity contribution >= 4 is 29.9 Å². The van der Waals surface area contributed by atoms with Gasteiger partial charge in [-0.1, -0.05) is 17.8 Å². The third kappa shape index (κ3) is 4.64. The van der Waals surface area contributed by atoms with Gasteiger partial charge in [0.2, 0.25) is 0 Å². The van der Waals surface area contributed by atoms with Gasteiger partial charge in [-0.25, -0.2) is 4.98 Å². The highest BCUT2D eigenvalue weighted by Crippen LogP contribution is 2.29. The molecule has 2 aromatic heterocycles. The standard InChI is InChI=1S/C19H21N5OS2/c1-12-6-7-14(11-13(12)2)27-18-15(5-4-9-21-18)17(25)20-10-8-16-22-23-19(26)24(16)3/h4-7,9,11H,8,10H2,1-3H3,(H,20,25)(H,23,26). The van der Waals surface area contributed by atoms with Crippen molar-refractivity contribution < 1.29 is 4.79 Å². The Balaban J connectivity index is 1.68. The van der Waals surface area contributed by atoms with E-state index in [2.05, 4.69) is 46.5 Å². The Labute approximate surface area is 167 Å². The van der Waals surface area contributed by atoms with Gasteiger partial charge in [0.05, 0.1) is 5.56 Å². The van der Waals surface area contributed by atoms with E-state index in [9.17, 15) is 4.79 Å². The highest BCUT2D eigenvalue weighted by molar-refractivity contribution is 7.99. The van der Waals surface area contributed by atoms with Gasteiger partial charge in [0.15, 0.2) is 4.77 Å². The lowest BCUT2D eigenvalue weighted by Gasteiger charge is -2.10. The van der Waals surface area contributed by atoms with E-state index < -0.39 is 0 Å². The molecule has 0 fully saturated rings. The summed E-state index contributed by atoms with van der Waals surface area (Å²) in [6.45, 7) is 4.63. The summed E-state index contributed by atoms with van der Waals surface area (Å²) in [4.78, 5) is 18.1. The lowest BCUT2D eigenvalue weighted by molar-refractivity contribution is 0.0950. The number of nitrogens with one attached hydrogen (secondary N) is 2. The number of hydrogen-bond acceptors (Lipinski definition) is 5. The van der Waals surface area contributed by atoms with Crippen LogP contribution in [0.25, 0.3) is 0 Å². The summed E-state index contributed by atoms with van der Waals surface area (Å²) in [5.41, 5.74) is 3.03. The van der Waals surface area contributed by atoms with Crippen LogP contribution in [0.5, 0.6) is 0 Å². The Morgan fingerprint density at radius 3 is 2.81 bits per heavy atom. The van der Waals surface area contributed by atoms with Gasteiger partial charge in [-0.2, -0.15) is 5.10 Å². The fraction of sp³-hybridized carbons (Fsp3) is 0.263. The molecule has 0 saturated carbocycles. The summed E-state index contributed by atoms with van der Waals surface area (Å²) in [7, 11) is 1.85. The van der Waals surface area contributed by atoms with Gasteiger partial charge >= 0.3 is 0 Å². The molecule has 3 aromatic rings. The van der Waals surface area contributed by atoms with E-state index in [0.717, 1.165) is 10.7 Å². The topological polar surface area (TPSA) is 75.6 Å². The lowest BCUT2D eigenvalue weighted by Crippen LogP contribution is -2.27. The highest BCUT2D eigenvalue weighted by Gasteiger charge is 2.14. The summed E-state index contributed by atoms with van der Waals surface area (Å²) in [5, 5.41) is 10.5. The van der Waals surface area contributed by atoms with Crippen molar-refractivity contribution in [2.75, 3.05) is 6.54 Å². The minimum atomic E-state index is -0.147. The third-order valence-electron chi connectivity index (χ3n) is 4.32. The van der Waals surface area contributed by atoms with Crippen LogP contribution in [0.1, 0.15) is 27.3 Å². The van der Waals surface area contributed by atoms with E-state index in [0.29, 0.717) is 28.3 Å². The number of H-pyrrole nitrogens is 1. The normalized spacial score (nSPS) is 10.8. The Bertz CT molecular complexity index is 1020. The van der Waals surface area contributed by atoms with Crippen molar-refractivity contribution in [3.63, 3.8) is 0 Å². The van der Waals surface area contributed by atoms with E-state index >= 15 is 0 Å². The molecule has 0 radical (unpaired) electrons. The molecule has 0 aliphatic heterocycles. The molecule has 0 unspecified atom stereocenters. The smallest absolute Gasteiger partial charge is 0.254 e. The van der Waals surface area contributed by atoms with Crippen LogP contribution in [0, 0.1) is 18.6 Å². The second kappa shape index (κ2) is 8.49. The van der Waals surface area contributed by atoms with Crippen LogP contribution in [0.2, 0.25) is 0 Å². The number of aromatic nitrogens is 4. The van der Waals surface area contributed by atoms with E-state index in [-0.39, 0.29) is 5.91 Å². The summed E-state index contributed by atoms with van der Waals surface area (Å²) >= 11 is 6.59. The van der Waals surface area contributed by atoms with Crippen LogP contribution >= 0.6 is 24.0 Å². The van der Waals surface area contributed by atoms with Crippen LogP contribution < -0.4 is 5.32 Å². The molecule has 0 aliphatic rings. The van der Waals surface area contributed by atoms with E-state index in [4.69, 9.17) is 12.2 Å². The molecule has 0 spiro atoms. The summed E-state index contributed by atoms with van der Waals surface area (Å²) in [6.07, 6.45) is 2.30. The predicted octanol–water partition coefficient (Wildman–Crippen LogP) is 3.61. The SMILES string of the molecule is Cc1ccc(Sc2ncccc2C(=O)NCCc2n[nH]c(=S)n2C)cc1C. The van der Waals surface area contributed by atoms with Crippen LogP contribution in [-0.2, 0) is 13.5 Å². The monoisotopic (exact) mass is 399 g/mol. The predicted molar refractivity (Wildman–Crippen MR) is 109 cm³/mol. The third-order valence-corrected chi connectivity index (χ3v) is 5.69. The van der Waals surface area contributed by atoms with Gasteiger partial charge in [0.1, 0.15) is 10.9 Å². The zero-order chi connectivity index (χ0) is 19.4. The number of carbonyl (C=O) groups is 1. The molecular formula is C19H21N5OS2. The largest absolute Gasteiger partial charge is 0.352 e. The number of aromatic amines is 1. The van der Waals surface area contributed by atoms with Gasteiger partial charge in [-0.05, 0) is 61.5 Å². The summed E-state index contributed by atoms with van der Waals surface area (Å²) < 4.78 is 2.36. The second-order valence-electron chi connectivity index (χ2n) is 6.21. The van der Waals surface area contributed by atoms with Crippen LogP contribution in [0.3, 0.4) is 0 Å². The van der Waals surface area contributed by atoms with E-state index in [1.165, 1.54) is 22.9 Å². The minimum Gasteiger partial charge on any atom is -0.352 e. The van der Waals surface area contributed by atoms with Gasteiger partial charge in [-0.15, -0.1) is 0 Å². The van der Waals surface area contributed by atoms with Crippen molar-refractivity contribution in [3.8, 4) is 0 Å². The number of aryl methyl sites for hydroxylation is 2. The first-order valence-corrected chi connectivity index (χ1v) is 9.77. The van der Waals surface area contributed by atoms with Crippen molar-refractivity contribution in [1.82, 2.24) is 25.1 Å². The maximum absolute atomic E-state index is 12.6. The van der Waals surface area contributed by atoms with Crippen LogP contribution in [0.4, 0.5) is 0 Å². The molecule has 0 bridgehead atoms. The van der Waals surface area contributed by atoms with Crippen LogP contribution in [-0.4, -0.2) is 32.2 Å². The first kappa shape index (κ1) is 19.3.